The normalized spacial score (nSPS) is 19.8. The summed E-state index contributed by atoms with van der Waals surface area (Å²) in [5, 5.41) is 1.06. The van der Waals surface area contributed by atoms with Gasteiger partial charge in [0.25, 0.3) is 5.56 Å². The van der Waals surface area contributed by atoms with Crippen molar-refractivity contribution in [1.29, 1.82) is 0 Å². The Morgan fingerprint density at radius 2 is 1.86 bits per heavy atom. The zero-order valence-electron chi connectivity index (χ0n) is 21.9. The minimum atomic E-state index is -0.390. The van der Waals surface area contributed by atoms with E-state index in [1.165, 1.54) is 31.4 Å². The lowest BCUT2D eigenvalue weighted by Gasteiger charge is -2.32. The summed E-state index contributed by atoms with van der Waals surface area (Å²) in [6.07, 6.45) is 7.14. The molecule has 2 aromatic heterocycles. The Labute approximate surface area is 210 Å². The van der Waals surface area contributed by atoms with E-state index in [0.717, 1.165) is 47.0 Å². The summed E-state index contributed by atoms with van der Waals surface area (Å²) < 4.78 is 0. The van der Waals surface area contributed by atoms with Gasteiger partial charge in [-0.15, -0.1) is 5.92 Å². The molecule has 0 spiro atoms. The Balaban J connectivity index is 1.63. The van der Waals surface area contributed by atoms with Gasteiger partial charge in [0.2, 0.25) is 0 Å². The zero-order chi connectivity index (χ0) is 25.0. The van der Waals surface area contributed by atoms with Gasteiger partial charge >= 0.3 is 0 Å². The number of aromatic amines is 1. The molecule has 35 heavy (non-hydrogen) atoms. The fourth-order valence-electron chi connectivity index (χ4n) is 5.43. The van der Waals surface area contributed by atoms with E-state index in [4.69, 9.17) is 4.98 Å². The van der Waals surface area contributed by atoms with Gasteiger partial charge in [0.1, 0.15) is 0 Å². The first-order valence-electron chi connectivity index (χ1n) is 13.1. The third kappa shape index (κ3) is 5.68. The summed E-state index contributed by atoms with van der Waals surface area (Å²) in [5.41, 5.74) is 4.72. The second kappa shape index (κ2) is 10.8. The molecular weight excluding hydrogens is 430 g/mol. The maximum atomic E-state index is 12.4. The third-order valence-corrected chi connectivity index (χ3v) is 7.69. The number of nitrogens with one attached hydrogen (secondary N) is 1. The monoisotopic (exact) mass is 469 g/mol. The van der Waals surface area contributed by atoms with Crippen LogP contribution in [0.3, 0.4) is 0 Å². The predicted octanol–water partition coefficient (Wildman–Crippen LogP) is 5.99. The van der Waals surface area contributed by atoms with Crippen LogP contribution in [0.1, 0.15) is 81.3 Å². The van der Waals surface area contributed by atoms with Crippen LogP contribution in [-0.2, 0) is 18.3 Å². The van der Waals surface area contributed by atoms with Gasteiger partial charge in [-0.3, -0.25) is 9.78 Å². The number of hydrogen-bond donors (Lipinski definition) is 1. The van der Waals surface area contributed by atoms with Crippen LogP contribution in [0.4, 0.5) is 0 Å². The molecule has 1 unspecified atom stereocenters. The molecule has 1 atom stereocenters. The van der Waals surface area contributed by atoms with E-state index in [1.807, 2.05) is 13.0 Å². The lowest BCUT2D eigenvalue weighted by atomic mass is 9.78. The Morgan fingerprint density at radius 1 is 1.09 bits per heavy atom. The standard InChI is InChI=1S/C31H39N3O/c1-6-8-18-31(3,25-15-12-24-19-22(7-2)30(35)33-29(24)20-25)21-26-10-9-11-28(32-26)23-13-16-27(17-14-23)34(4)5/h9-12,15,19-20,23,27H,6-7,13-14,16-17,21H2,1-5H3,(H,33,35). The number of fused-ring (bicyclic) bond motifs is 1. The third-order valence-electron chi connectivity index (χ3n) is 7.69. The zero-order valence-corrected chi connectivity index (χ0v) is 21.9. The maximum Gasteiger partial charge on any atom is 0.251 e. The summed E-state index contributed by atoms with van der Waals surface area (Å²) in [7, 11) is 4.38. The quantitative estimate of drug-likeness (QED) is 0.451. The average molecular weight is 470 g/mol. The highest BCUT2D eigenvalue weighted by molar-refractivity contribution is 5.80. The van der Waals surface area contributed by atoms with Crippen molar-refractivity contribution in [3.05, 3.63) is 75.3 Å². The van der Waals surface area contributed by atoms with Gasteiger partial charge in [-0.1, -0.05) is 38.0 Å². The van der Waals surface area contributed by atoms with Crippen molar-refractivity contribution in [2.24, 2.45) is 0 Å². The van der Waals surface area contributed by atoms with Crippen molar-refractivity contribution in [2.75, 3.05) is 14.1 Å². The second-order valence-electron chi connectivity index (χ2n) is 10.5. The molecule has 1 aliphatic rings. The van der Waals surface area contributed by atoms with Crippen molar-refractivity contribution in [3.63, 3.8) is 0 Å². The van der Waals surface area contributed by atoms with Crippen molar-refractivity contribution in [1.82, 2.24) is 14.9 Å². The Hall–Kier alpha value is -2.90. The molecule has 4 rings (SSSR count). The summed E-state index contributed by atoms with van der Waals surface area (Å²) in [6.45, 7) is 6.30. The van der Waals surface area contributed by atoms with E-state index in [0.29, 0.717) is 12.0 Å². The largest absolute Gasteiger partial charge is 0.322 e. The number of nitrogens with zero attached hydrogens (tertiary/aromatic N) is 2. The van der Waals surface area contributed by atoms with Crippen LogP contribution in [0.25, 0.3) is 10.9 Å². The molecule has 184 valence electrons. The molecule has 1 saturated carbocycles. The molecule has 0 amide bonds. The van der Waals surface area contributed by atoms with Gasteiger partial charge in [-0.25, -0.2) is 0 Å². The van der Waals surface area contributed by atoms with Gasteiger partial charge < -0.3 is 9.88 Å². The number of aromatic nitrogens is 2. The first kappa shape index (κ1) is 25.2. The van der Waals surface area contributed by atoms with Crippen molar-refractivity contribution >= 4 is 10.9 Å². The highest BCUT2D eigenvalue weighted by Crippen LogP contribution is 2.34. The second-order valence-corrected chi connectivity index (χ2v) is 10.5. The Kier molecular flexibility index (Phi) is 7.77. The minimum absolute atomic E-state index is 0.00292. The van der Waals surface area contributed by atoms with Crippen molar-refractivity contribution in [3.8, 4) is 11.8 Å². The van der Waals surface area contributed by atoms with Crippen LogP contribution < -0.4 is 5.56 Å². The number of pyridine rings is 2. The van der Waals surface area contributed by atoms with E-state index in [9.17, 15) is 4.79 Å². The minimum Gasteiger partial charge on any atom is -0.322 e. The summed E-state index contributed by atoms with van der Waals surface area (Å²) >= 11 is 0. The van der Waals surface area contributed by atoms with Gasteiger partial charge in [-0.2, -0.15) is 0 Å². The molecule has 1 aromatic carbocycles. The summed E-state index contributed by atoms with van der Waals surface area (Å²) in [4.78, 5) is 23.0. The average Bonchev–Trinajstić information content (AvgIpc) is 2.87. The molecule has 1 N–H and O–H groups in total. The van der Waals surface area contributed by atoms with Crippen LogP contribution in [0.2, 0.25) is 0 Å². The van der Waals surface area contributed by atoms with Crippen LogP contribution >= 0.6 is 0 Å². The van der Waals surface area contributed by atoms with E-state index in [2.05, 4.69) is 86.1 Å². The van der Waals surface area contributed by atoms with E-state index in [1.54, 1.807) is 0 Å². The van der Waals surface area contributed by atoms with Crippen LogP contribution in [0.5, 0.6) is 0 Å². The maximum absolute atomic E-state index is 12.4. The first-order valence-corrected chi connectivity index (χ1v) is 13.1. The van der Waals surface area contributed by atoms with E-state index in [-0.39, 0.29) is 5.56 Å². The Bertz CT molecular complexity index is 1290. The lowest BCUT2D eigenvalue weighted by Crippen LogP contribution is -2.31. The molecule has 4 nitrogen and oxygen atoms in total. The molecule has 0 saturated heterocycles. The molecule has 2 heterocycles. The molecule has 0 radical (unpaired) electrons. The van der Waals surface area contributed by atoms with Crippen molar-refractivity contribution in [2.45, 2.75) is 83.1 Å². The molecular formula is C31H39N3O. The number of hydrogen-bond acceptors (Lipinski definition) is 3. The molecule has 1 fully saturated rings. The topological polar surface area (TPSA) is 49.0 Å². The highest BCUT2D eigenvalue weighted by atomic mass is 16.1. The first-order chi connectivity index (χ1) is 16.8. The number of H-pyrrole nitrogens is 1. The predicted molar refractivity (Wildman–Crippen MR) is 146 cm³/mol. The van der Waals surface area contributed by atoms with Crippen molar-refractivity contribution < 1.29 is 0 Å². The summed E-state index contributed by atoms with van der Waals surface area (Å²) in [6, 6.07) is 15.6. The van der Waals surface area contributed by atoms with Crippen LogP contribution in [0, 0.1) is 11.8 Å². The fourth-order valence-corrected chi connectivity index (χ4v) is 5.43. The van der Waals surface area contributed by atoms with Crippen LogP contribution in [0.15, 0.2) is 47.3 Å². The molecule has 4 heteroatoms. The molecule has 0 bridgehead atoms. The van der Waals surface area contributed by atoms with Gasteiger partial charge in [0, 0.05) is 47.3 Å². The SMILES string of the molecule is CCC#CC(C)(Cc1cccc(C2CCC(N(C)C)CC2)n1)c1ccc2cc(CC)c(=O)[nH]c2c1. The number of rotatable bonds is 6. The summed E-state index contributed by atoms with van der Waals surface area (Å²) in [5.74, 6) is 7.41. The number of benzene rings is 1. The molecule has 0 aliphatic heterocycles. The Morgan fingerprint density at radius 3 is 2.54 bits per heavy atom. The van der Waals surface area contributed by atoms with E-state index < -0.39 is 5.41 Å². The van der Waals surface area contributed by atoms with E-state index >= 15 is 0 Å². The van der Waals surface area contributed by atoms with Gasteiger partial charge in [-0.05, 0) is 88.3 Å². The van der Waals surface area contributed by atoms with Crippen LogP contribution in [-0.4, -0.2) is 35.0 Å². The van der Waals surface area contributed by atoms with Gasteiger partial charge in [0.15, 0.2) is 0 Å². The lowest BCUT2D eigenvalue weighted by molar-refractivity contribution is 0.215. The fraction of sp³-hybridized carbons (Fsp3) is 0.484. The number of aryl methyl sites for hydroxylation is 1. The molecule has 3 aromatic rings. The highest BCUT2D eigenvalue weighted by Gasteiger charge is 2.28. The van der Waals surface area contributed by atoms with Gasteiger partial charge in [0.05, 0.1) is 5.41 Å². The smallest absolute Gasteiger partial charge is 0.251 e. The molecule has 1 aliphatic carbocycles.